The van der Waals surface area contributed by atoms with Crippen LogP contribution in [0.5, 0.6) is 5.75 Å². The first-order valence-electron chi connectivity index (χ1n) is 8.98. The standard InChI is InChI=1S/C20H25N3O3S/c1-12(2)21-19(25)14-11-27-17(22-14)9-23-15-8-13(20(3,4)5)6-7-16(15)26-10-18(23)24/h6-8,11-12H,9-10H2,1-5H3,(H,21,25). The summed E-state index contributed by atoms with van der Waals surface area (Å²) in [5.41, 5.74) is 2.22. The Morgan fingerprint density at radius 3 is 2.78 bits per heavy atom. The number of aromatic nitrogens is 1. The molecule has 0 bridgehead atoms. The van der Waals surface area contributed by atoms with Gasteiger partial charge in [0.25, 0.3) is 11.8 Å². The lowest BCUT2D eigenvalue weighted by molar-refractivity contribution is -0.121. The summed E-state index contributed by atoms with van der Waals surface area (Å²) in [4.78, 5) is 30.7. The maximum Gasteiger partial charge on any atom is 0.270 e. The maximum atomic E-state index is 12.5. The van der Waals surface area contributed by atoms with Crippen molar-refractivity contribution in [1.82, 2.24) is 10.3 Å². The van der Waals surface area contributed by atoms with Gasteiger partial charge in [0.05, 0.1) is 12.2 Å². The highest BCUT2D eigenvalue weighted by molar-refractivity contribution is 7.09. The van der Waals surface area contributed by atoms with E-state index in [0.29, 0.717) is 23.0 Å². The van der Waals surface area contributed by atoms with E-state index in [0.717, 1.165) is 11.3 Å². The fourth-order valence-electron chi connectivity index (χ4n) is 2.80. The predicted molar refractivity (Wildman–Crippen MR) is 107 cm³/mol. The van der Waals surface area contributed by atoms with Crippen LogP contribution in [0.2, 0.25) is 0 Å². The molecule has 27 heavy (non-hydrogen) atoms. The van der Waals surface area contributed by atoms with Gasteiger partial charge in [-0.05, 0) is 37.0 Å². The van der Waals surface area contributed by atoms with Crippen LogP contribution in [-0.4, -0.2) is 29.4 Å². The number of benzene rings is 1. The quantitative estimate of drug-likeness (QED) is 0.871. The summed E-state index contributed by atoms with van der Waals surface area (Å²) in [6.45, 7) is 10.5. The summed E-state index contributed by atoms with van der Waals surface area (Å²) in [7, 11) is 0. The second kappa shape index (κ2) is 7.31. The van der Waals surface area contributed by atoms with Gasteiger partial charge in [0.2, 0.25) is 0 Å². The minimum atomic E-state index is -0.198. The number of thiazole rings is 1. The second-order valence-electron chi connectivity index (χ2n) is 7.96. The Balaban J connectivity index is 1.87. The van der Waals surface area contributed by atoms with Crippen LogP contribution in [0.1, 0.15) is 55.7 Å². The molecule has 0 aliphatic carbocycles. The van der Waals surface area contributed by atoms with E-state index in [9.17, 15) is 9.59 Å². The lowest BCUT2D eigenvalue weighted by atomic mass is 9.86. The third-order valence-electron chi connectivity index (χ3n) is 4.27. The van der Waals surface area contributed by atoms with E-state index in [4.69, 9.17) is 4.74 Å². The van der Waals surface area contributed by atoms with Gasteiger partial charge < -0.3 is 10.1 Å². The lowest BCUT2D eigenvalue weighted by Crippen LogP contribution is -2.38. The van der Waals surface area contributed by atoms with Gasteiger partial charge in [-0.15, -0.1) is 11.3 Å². The summed E-state index contributed by atoms with van der Waals surface area (Å²) >= 11 is 1.38. The number of carbonyl (C=O) groups is 2. The van der Waals surface area contributed by atoms with Crippen LogP contribution < -0.4 is 15.0 Å². The van der Waals surface area contributed by atoms with Gasteiger partial charge >= 0.3 is 0 Å². The Hall–Kier alpha value is -2.41. The minimum absolute atomic E-state index is 0.00787. The van der Waals surface area contributed by atoms with Crippen molar-refractivity contribution >= 4 is 28.8 Å². The molecule has 3 rings (SSSR count). The van der Waals surface area contributed by atoms with Crippen molar-refractivity contribution in [2.45, 2.75) is 52.6 Å². The van der Waals surface area contributed by atoms with E-state index < -0.39 is 0 Å². The summed E-state index contributed by atoms with van der Waals surface area (Å²) in [6, 6.07) is 6.00. The van der Waals surface area contributed by atoms with Crippen LogP contribution >= 0.6 is 11.3 Å². The van der Waals surface area contributed by atoms with E-state index >= 15 is 0 Å². The van der Waals surface area contributed by atoms with Crippen molar-refractivity contribution in [3.63, 3.8) is 0 Å². The molecule has 1 aliphatic rings. The largest absolute Gasteiger partial charge is 0.482 e. The molecule has 144 valence electrons. The van der Waals surface area contributed by atoms with E-state index in [1.54, 1.807) is 10.3 Å². The zero-order chi connectivity index (χ0) is 19.8. The number of anilines is 1. The molecule has 1 aliphatic heterocycles. The Bertz CT molecular complexity index is 868. The van der Waals surface area contributed by atoms with Gasteiger partial charge in [0.1, 0.15) is 16.5 Å². The number of ether oxygens (including phenoxy) is 1. The number of carbonyl (C=O) groups excluding carboxylic acids is 2. The van der Waals surface area contributed by atoms with Crippen molar-refractivity contribution in [3.05, 3.63) is 39.8 Å². The maximum absolute atomic E-state index is 12.5. The number of rotatable bonds is 4. The number of hydrogen-bond acceptors (Lipinski definition) is 5. The third kappa shape index (κ3) is 4.30. The van der Waals surface area contributed by atoms with Crippen LogP contribution in [0.25, 0.3) is 0 Å². The number of nitrogens with zero attached hydrogens (tertiary/aromatic N) is 2. The smallest absolute Gasteiger partial charge is 0.270 e. The average Bonchev–Trinajstić information content (AvgIpc) is 3.04. The molecule has 0 unspecified atom stereocenters. The molecule has 1 N–H and O–H groups in total. The second-order valence-corrected chi connectivity index (χ2v) is 8.90. The van der Waals surface area contributed by atoms with Crippen molar-refractivity contribution in [2.75, 3.05) is 11.5 Å². The third-order valence-corrected chi connectivity index (χ3v) is 5.10. The van der Waals surface area contributed by atoms with Crippen LogP contribution in [0.3, 0.4) is 0 Å². The van der Waals surface area contributed by atoms with E-state index in [1.165, 1.54) is 11.3 Å². The first-order valence-corrected chi connectivity index (χ1v) is 9.86. The Kier molecular flexibility index (Phi) is 5.24. The predicted octanol–water partition coefficient (Wildman–Crippen LogP) is 3.50. The number of fused-ring (bicyclic) bond motifs is 1. The molecule has 0 radical (unpaired) electrons. The van der Waals surface area contributed by atoms with Gasteiger partial charge in [-0.2, -0.15) is 0 Å². The summed E-state index contributed by atoms with van der Waals surface area (Å²) in [5, 5.41) is 5.27. The van der Waals surface area contributed by atoms with Gasteiger partial charge in [-0.25, -0.2) is 4.98 Å². The Labute approximate surface area is 163 Å². The fraction of sp³-hybridized carbons (Fsp3) is 0.450. The van der Waals surface area contributed by atoms with E-state index in [2.05, 4.69) is 31.1 Å². The average molecular weight is 388 g/mol. The number of amides is 2. The SMILES string of the molecule is CC(C)NC(=O)c1csc(CN2C(=O)COc3ccc(C(C)(C)C)cc32)n1. The van der Waals surface area contributed by atoms with Crippen LogP contribution in [-0.2, 0) is 16.8 Å². The summed E-state index contributed by atoms with van der Waals surface area (Å²) in [5.74, 6) is 0.380. The molecule has 0 saturated carbocycles. The fourth-order valence-corrected chi connectivity index (χ4v) is 3.56. The van der Waals surface area contributed by atoms with Gasteiger partial charge in [-0.3, -0.25) is 14.5 Å². The first kappa shape index (κ1) is 19.4. The van der Waals surface area contributed by atoms with Crippen LogP contribution in [0.4, 0.5) is 5.69 Å². The highest BCUT2D eigenvalue weighted by Gasteiger charge is 2.28. The molecule has 1 aromatic carbocycles. The Morgan fingerprint density at radius 1 is 1.37 bits per heavy atom. The monoisotopic (exact) mass is 387 g/mol. The first-order chi connectivity index (χ1) is 12.6. The zero-order valence-corrected chi connectivity index (χ0v) is 17.1. The van der Waals surface area contributed by atoms with Crippen molar-refractivity contribution < 1.29 is 14.3 Å². The molecule has 0 fully saturated rings. The molecule has 0 spiro atoms. The minimum Gasteiger partial charge on any atom is -0.482 e. The molecule has 0 atom stereocenters. The normalized spacial score (nSPS) is 14.1. The molecule has 6 nitrogen and oxygen atoms in total. The molecule has 2 amide bonds. The summed E-state index contributed by atoms with van der Waals surface area (Å²) < 4.78 is 5.59. The van der Waals surface area contributed by atoms with Crippen molar-refractivity contribution in [3.8, 4) is 5.75 Å². The molecule has 2 heterocycles. The molecular weight excluding hydrogens is 362 g/mol. The van der Waals surface area contributed by atoms with Crippen molar-refractivity contribution in [1.29, 1.82) is 0 Å². The Morgan fingerprint density at radius 2 is 2.11 bits per heavy atom. The van der Waals surface area contributed by atoms with E-state index in [1.807, 2.05) is 32.0 Å². The summed E-state index contributed by atoms with van der Waals surface area (Å²) in [6.07, 6.45) is 0. The molecule has 0 saturated heterocycles. The molecule has 1 aromatic heterocycles. The van der Waals surface area contributed by atoms with Crippen molar-refractivity contribution in [2.24, 2.45) is 0 Å². The van der Waals surface area contributed by atoms with Gasteiger partial charge in [0.15, 0.2) is 6.61 Å². The molecular formula is C20H25N3O3S. The number of hydrogen-bond donors (Lipinski definition) is 1. The van der Waals surface area contributed by atoms with E-state index in [-0.39, 0.29) is 29.9 Å². The van der Waals surface area contributed by atoms with Crippen LogP contribution in [0.15, 0.2) is 23.6 Å². The highest BCUT2D eigenvalue weighted by atomic mass is 32.1. The van der Waals surface area contributed by atoms with Crippen LogP contribution in [0, 0.1) is 0 Å². The number of nitrogens with one attached hydrogen (secondary N) is 1. The molecule has 7 heteroatoms. The van der Waals surface area contributed by atoms with Gasteiger partial charge in [-0.1, -0.05) is 26.8 Å². The van der Waals surface area contributed by atoms with Gasteiger partial charge in [0, 0.05) is 11.4 Å². The highest BCUT2D eigenvalue weighted by Crippen LogP contribution is 2.37. The topological polar surface area (TPSA) is 71.5 Å². The molecule has 2 aromatic rings. The zero-order valence-electron chi connectivity index (χ0n) is 16.3. The lowest BCUT2D eigenvalue weighted by Gasteiger charge is -2.30.